The van der Waals surface area contributed by atoms with Gasteiger partial charge in [-0.1, -0.05) is 12.1 Å². The van der Waals surface area contributed by atoms with Gasteiger partial charge in [0, 0.05) is 19.1 Å². The molecule has 0 aliphatic carbocycles. The van der Waals surface area contributed by atoms with E-state index in [0.29, 0.717) is 18.8 Å². The van der Waals surface area contributed by atoms with Gasteiger partial charge in [-0.2, -0.15) is 0 Å². The van der Waals surface area contributed by atoms with Crippen molar-refractivity contribution in [2.45, 2.75) is 32.7 Å². The lowest BCUT2D eigenvalue weighted by atomic mass is 10.1. The van der Waals surface area contributed by atoms with Crippen molar-refractivity contribution in [2.24, 2.45) is 0 Å². The van der Waals surface area contributed by atoms with E-state index in [4.69, 9.17) is 4.74 Å². The van der Waals surface area contributed by atoms with E-state index in [1.54, 1.807) is 0 Å². The number of ether oxygens (including phenoxy) is 1. The first-order chi connectivity index (χ1) is 10.8. The quantitative estimate of drug-likeness (QED) is 0.874. The number of hydrogen-bond acceptors (Lipinski definition) is 4. The highest BCUT2D eigenvalue weighted by molar-refractivity contribution is 7.88. The average Bonchev–Trinajstić information content (AvgIpc) is 2.47. The topological polar surface area (TPSA) is 75.7 Å². The van der Waals surface area contributed by atoms with Crippen molar-refractivity contribution in [1.29, 1.82) is 0 Å². The second-order valence-corrected chi connectivity index (χ2v) is 8.07. The van der Waals surface area contributed by atoms with Crippen LogP contribution in [0, 0.1) is 13.8 Å². The van der Waals surface area contributed by atoms with E-state index in [9.17, 15) is 13.2 Å². The van der Waals surface area contributed by atoms with E-state index in [2.05, 4.69) is 5.32 Å². The Morgan fingerprint density at radius 2 is 2.13 bits per heavy atom. The number of hydrogen-bond donors (Lipinski definition) is 1. The molecule has 0 spiro atoms. The highest BCUT2D eigenvalue weighted by Gasteiger charge is 2.26. The van der Waals surface area contributed by atoms with Crippen LogP contribution in [0.5, 0.6) is 5.75 Å². The maximum Gasteiger partial charge on any atom is 0.258 e. The van der Waals surface area contributed by atoms with Crippen LogP contribution in [0.2, 0.25) is 0 Å². The first-order valence-corrected chi connectivity index (χ1v) is 9.55. The average molecular weight is 340 g/mol. The fourth-order valence-corrected chi connectivity index (χ4v) is 3.55. The molecule has 23 heavy (non-hydrogen) atoms. The third-order valence-electron chi connectivity index (χ3n) is 3.92. The lowest BCUT2D eigenvalue weighted by Crippen LogP contribution is -2.50. The number of nitrogens with zero attached hydrogens (tertiary/aromatic N) is 1. The zero-order valence-corrected chi connectivity index (χ0v) is 14.6. The molecule has 1 atom stereocenters. The summed E-state index contributed by atoms with van der Waals surface area (Å²) in [5.74, 6) is 0.466. The van der Waals surface area contributed by atoms with Gasteiger partial charge in [-0.3, -0.25) is 4.79 Å². The van der Waals surface area contributed by atoms with Crippen LogP contribution in [0.15, 0.2) is 18.2 Å². The summed E-state index contributed by atoms with van der Waals surface area (Å²) < 4.78 is 30.2. The molecule has 0 saturated carbocycles. The van der Waals surface area contributed by atoms with Crippen molar-refractivity contribution in [3.8, 4) is 5.75 Å². The normalized spacial score (nSPS) is 19.3. The molecule has 1 aromatic rings. The molecule has 0 radical (unpaired) electrons. The Bertz CT molecular complexity index is 673. The summed E-state index contributed by atoms with van der Waals surface area (Å²) in [5.41, 5.74) is 2.05. The molecule has 2 rings (SSSR count). The van der Waals surface area contributed by atoms with E-state index < -0.39 is 10.0 Å². The van der Waals surface area contributed by atoms with Gasteiger partial charge in [0.1, 0.15) is 5.75 Å². The van der Waals surface area contributed by atoms with E-state index in [0.717, 1.165) is 24.0 Å². The first kappa shape index (κ1) is 17.7. The number of benzene rings is 1. The number of nitrogens with one attached hydrogen (secondary N) is 1. The smallest absolute Gasteiger partial charge is 0.258 e. The van der Waals surface area contributed by atoms with E-state index in [-0.39, 0.29) is 18.6 Å². The molecule has 1 unspecified atom stereocenters. The van der Waals surface area contributed by atoms with Crippen LogP contribution >= 0.6 is 0 Å². The number of carbonyl (C=O) groups is 1. The van der Waals surface area contributed by atoms with Crippen molar-refractivity contribution >= 4 is 15.9 Å². The molecule has 1 amide bonds. The van der Waals surface area contributed by atoms with Gasteiger partial charge in [-0.05, 0) is 43.9 Å². The Balaban J connectivity index is 1.86. The van der Waals surface area contributed by atoms with Crippen LogP contribution in [0.4, 0.5) is 0 Å². The molecule has 1 heterocycles. The van der Waals surface area contributed by atoms with Crippen LogP contribution in [0.25, 0.3) is 0 Å². The SMILES string of the molecule is Cc1ccc(C)c(OCC(=O)NC2CCCN(S(C)(=O)=O)C2)c1. The predicted octanol–water partition coefficient (Wildman–Crippen LogP) is 1.22. The zero-order chi connectivity index (χ0) is 17.0. The molecule has 1 fully saturated rings. The van der Waals surface area contributed by atoms with Crippen molar-refractivity contribution in [3.05, 3.63) is 29.3 Å². The number of piperidine rings is 1. The second-order valence-electron chi connectivity index (χ2n) is 6.09. The van der Waals surface area contributed by atoms with Crippen LogP contribution in [-0.4, -0.2) is 50.6 Å². The van der Waals surface area contributed by atoms with Crippen LogP contribution in [0.3, 0.4) is 0 Å². The van der Waals surface area contributed by atoms with Gasteiger partial charge in [-0.15, -0.1) is 0 Å². The molecule has 0 bridgehead atoms. The molecule has 1 saturated heterocycles. The maximum absolute atomic E-state index is 12.0. The minimum atomic E-state index is -3.21. The van der Waals surface area contributed by atoms with E-state index in [1.807, 2.05) is 32.0 Å². The van der Waals surface area contributed by atoms with Crippen molar-refractivity contribution in [2.75, 3.05) is 26.0 Å². The van der Waals surface area contributed by atoms with Crippen LogP contribution < -0.4 is 10.1 Å². The minimum absolute atomic E-state index is 0.0698. The fourth-order valence-electron chi connectivity index (χ4n) is 2.64. The summed E-state index contributed by atoms with van der Waals surface area (Å²) in [6.45, 7) is 4.67. The molecule has 0 aromatic heterocycles. The Morgan fingerprint density at radius 1 is 1.39 bits per heavy atom. The van der Waals surface area contributed by atoms with Gasteiger partial charge >= 0.3 is 0 Å². The first-order valence-electron chi connectivity index (χ1n) is 7.70. The number of rotatable bonds is 5. The highest BCUT2D eigenvalue weighted by Crippen LogP contribution is 2.19. The van der Waals surface area contributed by atoms with E-state index in [1.165, 1.54) is 10.6 Å². The molecule has 1 N–H and O–H groups in total. The molecule has 128 valence electrons. The third-order valence-corrected chi connectivity index (χ3v) is 5.19. The zero-order valence-electron chi connectivity index (χ0n) is 13.8. The Labute approximate surface area is 137 Å². The number of carbonyl (C=O) groups excluding carboxylic acids is 1. The van der Waals surface area contributed by atoms with Crippen LogP contribution in [0.1, 0.15) is 24.0 Å². The predicted molar refractivity (Wildman–Crippen MR) is 89.0 cm³/mol. The third kappa shape index (κ3) is 5.21. The summed E-state index contributed by atoms with van der Waals surface area (Å²) >= 11 is 0. The van der Waals surface area contributed by atoms with Crippen LogP contribution in [-0.2, 0) is 14.8 Å². The van der Waals surface area contributed by atoms with Gasteiger partial charge in [0.15, 0.2) is 6.61 Å². The molecule has 1 aromatic carbocycles. The largest absolute Gasteiger partial charge is 0.483 e. The van der Waals surface area contributed by atoms with Crippen molar-refractivity contribution in [1.82, 2.24) is 9.62 Å². The fraction of sp³-hybridized carbons (Fsp3) is 0.562. The molecule has 1 aliphatic heterocycles. The van der Waals surface area contributed by atoms with Gasteiger partial charge in [-0.25, -0.2) is 12.7 Å². The summed E-state index contributed by atoms with van der Waals surface area (Å²) in [4.78, 5) is 12.0. The molecular weight excluding hydrogens is 316 g/mol. The van der Waals surface area contributed by atoms with Gasteiger partial charge < -0.3 is 10.1 Å². The maximum atomic E-state index is 12.0. The highest BCUT2D eigenvalue weighted by atomic mass is 32.2. The van der Waals surface area contributed by atoms with Crippen molar-refractivity contribution < 1.29 is 17.9 Å². The summed E-state index contributed by atoms with van der Waals surface area (Å²) in [5, 5.41) is 2.86. The Hall–Kier alpha value is -1.60. The van der Waals surface area contributed by atoms with Gasteiger partial charge in [0.05, 0.1) is 6.26 Å². The molecular formula is C16H24N2O4S. The number of amides is 1. The minimum Gasteiger partial charge on any atom is -0.483 e. The molecule has 6 nitrogen and oxygen atoms in total. The van der Waals surface area contributed by atoms with Gasteiger partial charge in [0.25, 0.3) is 5.91 Å². The van der Waals surface area contributed by atoms with Crippen molar-refractivity contribution in [3.63, 3.8) is 0 Å². The molecule has 7 heteroatoms. The number of aryl methyl sites for hydroxylation is 2. The second kappa shape index (κ2) is 7.31. The molecule has 1 aliphatic rings. The monoisotopic (exact) mass is 340 g/mol. The lowest BCUT2D eigenvalue weighted by Gasteiger charge is -2.31. The van der Waals surface area contributed by atoms with Gasteiger partial charge in [0.2, 0.25) is 10.0 Å². The number of sulfonamides is 1. The summed E-state index contributed by atoms with van der Waals surface area (Å²) in [7, 11) is -3.21. The summed E-state index contributed by atoms with van der Waals surface area (Å²) in [6, 6.07) is 5.68. The Morgan fingerprint density at radius 3 is 2.83 bits per heavy atom. The van der Waals surface area contributed by atoms with E-state index >= 15 is 0 Å². The Kier molecular flexibility index (Phi) is 5.64. The lowest BCUT2D eigenvalue weighted by molar-refractivity contribution is -0.124. The summed E-state index contributed by atoms with van der Waals surface area (Å²) in [6.07, 6.45) is 2.72. The standard InChI is InChI=1S/C16H24N2O4S/c1-12-6-7-13(2)15(9-12)22-11-16(19)17-14-5-4-8-18(10-14)23(3,20)21/h6-7,9,14H,4-5,8,10-11H2,1-3H3,(H,17,19).